The molecule has 2 aliphatic rings. The summed E-state index contributed by atoms with van der Waals surface area (Å²) in [5.74, 6) is 3.84. The van der Waals surface area contributed by atoms with Crippen LogP contribution in [-0.2, 0) is 10.8 Å². The van der Waals surface area contributed by atoms with Crippen molar-refractivity contribution in [2.75, 3.05) is 0 Å². The van der Waals surface area contributed by atoms with Gasteiger partial charge in [-0.2, -0.15) is 0 Å². The van der Waals surface area contributed by atoms with Crippen molar-refractivity contribution < 1.29 is 0 Å². The molecule has 0 amide bonds. The van der Waals surface area contributed by atoms with Gasteiger partial charge in [-0.1, -0.05) is 402 Å². The van der Waals surface area contributed by atoms with Crippen molar-refractivity contribution in [1.82, 2.24) is 29.9 Å². The van der Waals surface area contributed by atoms with Gasteiger partial charge in [0.15, 0.2) is 34.9 Å². The highest BCUT2D eigenvalue weighted by atomic mass is 15.0. The summed E-state index contributed by atoms with van der Waals surface area (Å²) in [4.78, 5) is 30.2. The van der Waals surface area contributed by atoms with Gasteiger partial charge in [-0.25, -0.2) is 29.9 Å². The Hall–Kier alpha value is -15.0. The second-order valence-corrected chi connectivity index (χ2v) is 30.4. The van der Waals surface area contributed by atoms with Gasteiger partial charge in [0, 0.05) is 38.8 Å². The smallest absolute Gasteiger partial charge is 0.164 e. The van der Waals surface area contributed by atoms with Crippen LogP contribution in [0.3, 0.4) is 0 Å². The summed E-state index contributed by atoms with van der Waals surface area (Å²) in [5, 5.41) is 2.61. The van der Waals surface area contributed by atoms with Crippen LogP contribution >= 0.6 is 0 Å². The van der Waals surface area contributed by atoms with Gasteiger partial charge < -0.3 is 0 Å². The van der Waals surface area contributed by atoms with E-state index in [4.69, 9.17) is 29.9 Å². The topological polar surface area (TPSA) is 77.3 Å². The fraction of sp³-hybridized carbons (Fsp3) is 0.0364. The van der Waals surface area contributed by atoms with E-state index in [2.05, 4.69) is 366 Å². The third-order valence-corrected chi connectivity index (χ3v) is 23.2. The number of aromatic nitrogens is 6. The van der Waals surface area contributed by atoms with Crippen molar-refractivity contribution in [3.05, 3.63) is 458 Å². The molecule has 0 atom stereocenters. The number of fused-ring (bicyclic) bond motifs is 8. The van der Waals surface area contributed by atoms with Gasteiger partial charge in [-0.3, -0.25) is 0 Å². The Balaban J connectivity index is 0.000000150. The highest BCUT2D eigenvalue weighted by Gasteiger charge is 2.46. The number of hydrogen-bond acceptors (Lipinski definition) is 6. The van der Waals surface area contributed by atoms with E-state index in [-0.39, 0.29) is 5.41 Å². The van der Waals surface area contributed by atoms with Crippen molar-refractivity contribution in [3.8, 4) is 157 Å². The van der Waals surface area contributed by atoms with Crippen LogP contribution in [0.5, 0.6) is 0 Å². The third-order valence-electron chi connectivity index (χ3n) is 23.2. The summed E-state index contributed by atoms with van der Waals surface area (Å²) in [6.07, 6.45) is 0. The fourth-order valence-electron chi connectivity index (χ4n) is 17.3. The molecule has 17 aromatic carbocycles. The van der Waals surface area contributed by atoms with Crippen LogP contribution in [0, 0.1) is 0 Å². The number of hydrogen-bond donors (Lipinski definition) is 0. The van der Waals surface area contributed by atoms with Gasteiger partial charge in [0.1, 0.15) is 0 Å². The summed E-state index contributed by atoms with van der Waals surface area (Å²) >= 11 is 0. The first kappa shape index (κ1) is 70.2. The van der Waals surface area contributed by atoms with Crippen molar-refractivity contribution in [3.63, 3.8) is 0 Å². The molecule has 2 aliphatic carbocycles. The van der Waals surface area contributed by atoms with Gasteiger partial charge >= 0.3 is 0 Å². The van der Waals surface area contributed by atoms with Crippen LogP contribution in [-0.4, -0.2) is 29.9 Å². The van der Waals surface area contributed by atoms with Gasteiger partial charge in [-0.15, -0.1) is 0 Å². The zero-order valence-electron chi connectivity index (χ0n) is 64.1. The minimum Gasteiger partial charge on any atom is -0.208 e. The largest absolute Gasteiger partial charge is 0.208 e. The molecule has 0 bridgehead atoms. The molecule has 0 aliphatic heterocycles. The molecule has 0 radical (unpaired) electrons. The van der Waals surface area contributed by atoms with Crippen molar-refractivity contribution in [1.29, 1.82) is 0 Å². The fourth-order valence-corrected chi connectivity index (χ4v) is 17.3. The predicted octanol–water partition coefficient (Wildman–Crippen LogP) is 27.6. The summed E-state index contributed by atoms with van der Waals surface area (Å²) in [5.41, 5.74) is 32.1. The van der Waals surface area contributed by atoms with Crippen molar-refractivity contribution >= 4 is 10.8 Å². The molecule has 0 saturated carbocycles. The Labute approximate surface area is 676 Å². The minimum absolute atomic E-state index is 0.0947. The second-order valence-electron chi connectivity index (χ2n) is 30.4. The maximum Gasteiger partial charge on any atom is 0.164 e. The first-order valence-corrected chi connectivity index (χ1v) is 39.6. The molecule has 6 heteroatoms. The Morgan fingerprint density at radius 3 is 0.897 bits per heavy atom. The van der Waals surface area contributed by atoms with Crippen LogP contribution in [0.2, 0.25) is 0 Å². The number of benzene rings is 17. The molecule has 0 unspecified atom stereocenters. The molecule has 0 spiro atoms. The molecule has 19 aromatic rings. The SMILES string of the molecule is CC1(C)c2cc(-c3cccc(-c4cccc(-c5nc(-c6ccccc6)nc(-c6ccc(-c7ccccc7)cc6)n5)c4)c3)ccc2-c2c1ccc1ccccc21.c1ccc(-c2ccc(-c3nc(-c4ccccc4)nc(-c4cccc(-c5cccc(-c6ccc7c(c6)C(c6ccccc6)(c6ccccc6)c6ccccc6-7)c5)c4)n3)cc2)cc1. The molecule has 6 nitrogen and oxygen atoms in total. The van der Waals surface area contributed by atoms with E-state index in [1.54, 1.807) is 0 Å². The van der Waals surface area contributed by atoms with E-state index in [1.807, 2.05) is 72.8 Å². The molecule has 0 fully saturated rings. The van der Waals surface area contributed by atoms with Gasteiger partial charge in [0.25, 0.3) is 0 Å². The summed E-state index contributed by atoms with van der Waals surface area (Å²) in [6.45, 7) is 4.71. The van der Waals surface area contributed by atoms with E-state index >= 15 is 0 Å². The lowest BCUT2D eigenvalue weighted by Gasteiger charge is -2.34. The predicted molar refractivity (Wildman–Crippen MR) is 477 cm³/mol. The van der Waals surface area contributed by atoms with Gasteiger partial charge in [0.2, 0.25) is 0 Å². The lowest BCUT2D eigenvalue weighted by atomic mass is 9.67. The highest BCUT2D eigenvalue weighted by Crippen LogP contribution is 2.57. The average Bonchev–Trinajstić information content (AvgIpc) is 1.53. The third kappa shape index (κ3) is 13.0. The molecule has 21 rings (SSSR count). The monoisotopic (exact) mass is 1480 g/mol. The van der Waals surface area contributed by atoms with Crippen LogP contribution in [0.4, 0.5) is 0 Å². The zero-order chi connectivity index (χ0) is 77.5. The van der Waals surface area contributed by atoms with Crippen LogP contribution in [0.1, 0.15) is 47.2 Å². The Morgan fingerprint density at radius 1 is 0.172 bits per heavy atom. The van der Waals surface area contributed by atoms with Crippen LogP contribution < -0.4 is 0 Å². The lowest BCUT2D eigenvalue weighted by molar-refractivity contribution is 0.661. The number of nitrogens with zero attached hydrogens (tertiary/aromatic N) is 6. The van der Waals surface area contributed by atoms with Crippen molar-refractivity contribution in [2.45, 2.75) is 24.7 Å². The normalized spacial score (nSPS) is 12.5. The van der Waals surface area contributed by atoms with Crippen molar-refractivity contribution in [2.24, 2.45) is 0 Å². The summed E-state index contributed by atoms with van der Waals surface area (Å²) < 4.78 is 0. The Bertz CT molecular complexity index is 6830. The maximum atomic E-state index is 5.09. The molecular formula is C110H76N6. The minimum atomic E-state index is -0.456. The first-order chi connectivity index (χ1) is 57.2. The lowest BCUT2D eigenvalue weighted by Crippen LogP contribution is -2.28. The highest BCUT2D eigenvalue weighted by molar-refractivity contribution is 6.03. The quantitative estimate of drug-likeness (QED) is 0.108. The Kier molecular flexibility index (Phi) is 18.1. The second kappa shape index (κ2) is 29.9. The molecule has 546 valence electrons. The standard InChI is InChI=1S/C58H39N3.C52H37N3/c1-5-17-40(18-6-1)41-31-33-43(34-32-41)56-59-55(42-19-7-2-8-20-42)60-57(61-56)48-24-16-23-46(38-48)44-21-15-22-45(37-44)47-35-36-52-51-29-13-14-30-53(51)58(54(52)39-47,49-25-9-3-10-26-49)50-27-11-4-12-28-50;1-52(2)46-30-28-36-15-9-10-22-44(36)48(46)45-29-27-42(33-47(45)52)40-19-11-18-39(31-40)41-20-12-21-43(32-41)51-54-49(37-16-7-4-8-17-37)53-50(55-51)38-25-23-35(24-26-38)34-13-5-3-6-14-34/h1-39H;3-33H,1-2H3. The van der Waals surface area contributed by atoms with E-state index in [1.165, 1.54) is 94.2 Å². The molecule has 2 aromatic heterocycles. The average molecular weight is 1480 g/mol. The van der Waals surface area contributed by atoms with E-state index in [0.717, 1.165) is 72.3 Å². The summed E-state index contributed by atoms with van der Waals surface area (Å²) in [6, 6.07) is 151. The summed E-state index contributed by atoms with van der Waals surface area (Å²) in [7, 11) is 0. The van der Waals surface area contributed by atoms with Crippen LogP contribution in [0.15, 0.2) is 425 Å². The van der Waals surface area contributed by atoms with E-state index in [0.29, 0.717) is 34.9 Å². The molecule has 2 heterocycles. The maximum absolute atomic E-state index is 5.09. The zero-order valence-corrected chi connectivity index (χ0v) is 64.1. The molecular weight excluding hydrogens is 1410 g/mol. The van der Waals surface area contributed by atoms with E-state index < -0.39 is 5.41 Å². The first-order valence-electron chi connectivity index (χ1n) is 39.6. The van der Waals surface area contributed by atoms with Gasteiger partial charge in [0.05, 0.1) is 5.41 Å². The van der Waals surface area contributed by atoms with Gasteiger partial charge in [-0.05, 0) is 170 Å². The molecule has 0 saturated heterocycles. The Morgan fingerprint density at radius 2 is 0.457 bits per heavy atom. The van der Waals surface area contributed by atoms with Crippen LogP contribution in [0.25, 0.3) is 168 Å². The molecule has 116 heavy (non-hydrogen) atoms. The number of rotatable bonds is 14. The molecule has 0 N–H and O–H groups in total. The van der Waals surface area contributed by atoms with E-state index in [9.17, 15) is 0 Å².